The van der Waals surface area contributed by atoms with Gasteiger partial charge in [-0.05, 0) is 78.4 Å². The predicted octanol–water partition coefficient (Wildman–Crippen LogP) is 6.32. The van der Waals surface area contributed by atoms with E-state index < -0.39 is 11.5 Å². The van der Waals surface area contributed by atoms with Crippen molar-refractivity contribution in [3.05, 3.63) is 11.6 Å². The van der Waals surface area contributed by atoms with Crippen LogP contribution in [0.1, 0.15) is 107 Å². The molecule has 0 radical (unpaired) electrons. The Bertz CT molecular complexity index is 900. The molecule has 0 aromatic carbocycles. The minimum absolute atomic E-state index is 0.00951. The maximum Gasteiger partial charge on any atom is 0.138 e. The lowest BCUT2D eigenvalue weighted by Gasteiger charge is -2.72. The summed E-state index contributed by atoms with van der Waals surface area (Å²) in [4.78, 5) is 12.9. The van der Waals surface area contributed by atoms with Crippen molar-refractivity contribution in [1.29, 1.82) is 0 Å². The molecule has 5 aliphatic carbocycles. The van der Waals surface area contributed by atoms with E-state index in [2.05, 4.69) is 61.5 Å². The van der Waals surface area contributed by atoms with Gasteiger partial charge in [0.15, 0.2) is 0 Å². The highest BCUT2D eigenvalue weighted by molar-refractivity contribution is 5.85. The minimum atomic E-state index is -0.476. The Morgan fingerprint density at radius 3 is 2.18 bits per heavy atom. The summed E-state index contributed by atoms with van der Waals surface area (Å²) >= 11 is 0. The zero-order valence-corrected chi connectivity index (χ0v) is 22.4. The maximum atomic E-state index is 12.9. The van der Waals surface area contributed by atoms with Gasteiger partial charge in [-0.15, -0.1) is 0 Å². The quantitative estimate of drug-likeness (QED) is 0.419. The van der Waals surface area contributed by atoms with Gasteiger partial charge in [0.1, 0.15) is 5.78 Å². The molecular formula is C30H48O3. The Morgan fingerprint density at radius 2 is 1.52 bits per heavy atom. The number of aliphatic hydroxyl groups is 2. The van der Waals surface area contributed by atoms with Gasteiger partial charge < -0.3 is 10.2 Å². The number of aliphatic hydroxyl groups excluding tert-OH is 2. The summed E-state index contributed by atoms with van der Waals surface area (Å²) in [6.07, 6.45) is 9.34. The van der Waals surface area contributed by atoms with E-state index in [0.29, 0.717) is 29.5 Å². The molecule has 0 unspecified atom stereocenters. The number of carbonyl (C=O) groups excluding carboxylic acids is 1. The largest absolute Gasteiger partial charge is 0.393 e. The Morgan fingerprint density at radius 1 is 0.848 bits per heavy atom. The van der Waals surface area contributed by atoms with Crippen LogP contribution >= 0.6 is 0 Å². The number of hydrogen-bond donors (Lipinski definition) is 2. The first kappa shape index (κ1) is 24.0. The van der Waals surface area contributed by atoms with Crippen molar-refractivity contribution in [2.24, 2.45) is 50.2 Å². The topological polar surface area (TPSA) is 57.5 Å². The molecular weight excluding hydrogens is 408 g/mol. The fraction of sp³-hybridized carbons (Fsp3) is 0.900. The molecule has 5 aliphatic rings. The van der Waals surface area contributed by atoms with Crippen molar-refractivity contribution in [2.45, 2.75) is 119 Å². The van der Waals surface area contributed by atoms with Gasteiger partial charge in [0.25, 0.3) is 0 Å². The van der Waals surface area contributed by atoms with E-state index in [4.69, 9.17) is 0 Å². The first-order valence-corrected chi connectivity index (χ1v) is 13.6. The third-order valence-electron chi connectivity index (χ3n) is 12.8. The molecule has 0 aromatic heterocycles. The molecule has 0 aromatic rings. The van der Waals surface area contributed by atoms with E-state index >= 15 is 0 Å². The van der Waals surface area contributed by atoms with Crippen LogP contribution in [0.25, 0.3) is 0 Å². The molecule has 3 heteroatoms. The van der Waals surface area contributed by atoms with Gasteiger partial charge in [0.05, 0.1) is 12.2 Å². The molecule has 4 saturated carbocycles. The number of allylic oxidation sites excluding steroid dienone is 2. The van der Waals surface area contributed by atoms with E-state index in [-0.39, 0.29) is 33.7 Å². The lowest BCUT2D eigenvalue weighted by atomic mass is 9.33. The van der Waals surface area contributed by atoms with Gasteiger partial charge in [-0.2, -0.15) is 0 Å². The number of fused-ring (bicyclic) bond motifs is 7. The maximum absolute atomic E-state index is 12.9. The molecule has 0 amide bonds. The van der Waals surface area contributed by atoms with Crippen LogP contribution in [0.3, 0.4) is 0 Å². The van der Waals surface area contributed by atoms with Gasteiger partial charge in [0.2, 0.25) is 0 Å². The molecule has 9 atom stereocenters. The standard InChI is InChI=1S/C30H48O3/c1-25(2)13-14-27(5)19(15-25)18-9-10-21-28(6)12-11-22(32)26(3,4)24(28)20(31)16-30(21,8)29(18,7)17-23(27)33/h9,19-21,23-24,31,33H,10-17H2,1-8H3/t19-,20+,21+,23-,24-,27-,28+,29+,30+/m0/s1. The van der Waals surface area contributed by atoms with Gasteiger partial charge >= 0.3 is 0 Å². The third-order valence-corrected chi connectivity index (χ3v) is 12.8. The lowest BCUT2D eigenvalue weighted by molar-refractivity contribution is -0.227. The molecule has 0 spiro atoms. The van der Waals surface area contributed by atoms with Crippen molar-refractivity contribution in [3.63, 3.8) is 0 Å². The number of carbonyl (C=O) groups is 1. The van der Waals surface area contributed by atoms with E-state index in [1.807, 2.05) is 0 Å². The van der Waals surface area contributed by atoms with Gasteiger partial charge in [-0.25, -0.2) is 0 Å². The van der Waals surface area contributed by atoms with Gasteiger partial charge in [-0.3, -0.25) is 4.79 Å². The van der Waals surface area contributed by atoms with Crippen molar-refractivity contribution in [3.8, 4) is 0 Å². The highest BCUT2D eigenvalue weighted by Crippen LogP contribution is 2.75. The second-order valence-electron chi connectivity index (χ2n) is 15.2. The average Bonchev–Trinajstić information content (AvgIpc) is 2.67. The highest BCUT2D eigenvalue weighted by Gasteiger charge is 2.71. The van der Waals surface area contributed by atoms with Crippen molar-refractivity contribution in [1.82, 2.24) is 0 Å². The average molecular weight is 457 g/mol. The van der Waals surface area contributed by atoms with Gasteiger partial charge in [0, 0.05) is 23.2 Å². The fourth-order valence-corrected chi connectivity index (χ4v) is 10.6. The Balaban J connectivity index is 1.64. The van der Waals surface area contributed by atoms with E-state index in [0.717, 1.165) is 38.5 Å². The SMILES string of the molecule is CC1(C)CC[C@]2(C)[C@@H](O)C[C@]3(C)C(=CC[C@@H]4[C@@]5(C)CCC(=O)C(C)(C)[C@@H]5[C@H](O)C[C@]43C)[C@@H]2C1. The summed E-state index contributed by atoms with van der Waals surface area (Å²) < 4.78 is 0. The molecule has 3 nitrogen and oxygen atoms in total. The molecule has 0 heterocycles. The minimum Gasteiger partial charge on any atom is -0.393 e. The van der Waals surface area contributed by atoms with Crippen LogP contribution in [-0.4, -0.2) is 28.2 Å². The Hall–Kier alpha value is -0.670. The Labute approximate surface area is 201 Å². The highest BCUT2D eigenvalue weighted by atomic mass is 16.3. The van der Waals surface area contributed by atoms with Gasteiger partial charge in [-0.1, -0.05) is 67.0 Å². The molecule has 5 rings (SSSR count). The monoisotopic (exact) mass is 456 g/mol. The molecule has 33 heavy (non-hydrogen) atoms. The molecule has 2 N–H and O–H groups in total. The molecule has 0 aliphatic heterocycles. The van der Waals surface area contributed by atoms with Crippen LogP contribution in [0.15, 0.2) is 11.6 Å². The number of ketones is 1. The summed E-state index contributed by atoms with van der Waals surface area (Å²) in [5.74, 6) is 1.17. The van der Waals surface area contributed by atoms with E-state index in [1.54, 1.807) is 5.57 Å². The molecule has 4 fully saturated rings. The molecule has 0 saturated heterocycles. The summed E-state index contributed by atoms with van der Waals surface area (Å²) in [6, 6.07) is 0. The first-order chi connectivity index (χ1) is 15.0. The normalized spacial score (nSPS) is 54.9. The Kier molecular flexibility index (Phi) is 4.92. The van der Waals surface area contributed by atoms with Crippen LogP contribution in [0.2, 0.25) is 0 Å². The molecule has 186 valence electrons. The second kappa shape index (κ2) is 6.75. The summed E-state index contributed by atoms with van der Waals surface area (Å²) in [5.41, 5.74) is 1.11. The fourth-order valence-electron chi connectivity index (χ4n) is 10.6. The zero-order chi connectivity index (χ0) is 24.4. The second-order valence-corrected chi connectivity index (χ2v) is 15.2. The number of rotatable bonds is 0. The van der Waals surface area contributed by atoms with E-state index in [1.165, 1.54) is 6.42 Å². The van der Waals surface area contributed by atoms with Crippen molar-refractivity contribution in [2.75, 3.05) is 0 Å². The first-order valence-electron chi connectivity index (χ1n) is 13.6. The van der Waals surface area contributed by atoms with Crippen LogP contribution in [0.5, 0.6) is 0 Å². The smallest absolute Gasteiger partial charge is 0.138 e. The molecule has 0 bridgehead atoms. The third kappa shape index (κ3) is 2.85. The van der Waals surface area contributed by atoms with Crippen LogP contribution in [0, 0.1) is 50.2 Å². The van der Waals surface area contributed by atoms with Crippen LogP contribution < -0.4 is 0 Å². The number of hydrogen-bond acceptors (Lipinski definition) is 3. The summed E-state index contributed by atoms with van der Waals surface area (Å²) in [7, 11) is 0. The van der Waals surface area contributed by atoms with Crippen molar-refractivity contribution >= 4 is 5.78 Å². The predicted molar refractivity (Wildman–Crippen MR) is 132 cm³/mol. The summed E-state index contributed by atoms with van der Waals surface area (Å²) in [6.45, 7) is 18.5. The van der Waals surface area contributed by atoms with Crippen LogP contribution in [0.4, 0.5) is 0 Å². The lowest BCUT2D eigenvalue weighted by Crippen LogP contribution is -2.68. The summed E-state index contributed by atoms with van der Waals surface area (Å²) in [5, 5.41) is 23.4. The zero-order valence-electron chi connectivity index (χ0n) is 22.4. The van der Waals surface area contributed by atoms with E-state index in [9.17, 15) is 15.0 Å². The van der Waals surface area contributed by atoms with Crippen molar-refractivity contribution < 1.29 is 15.0 Å². The van der Waals surface area contributed by atoms with Crippen LogP contribution in [-0.2, 0) is 4.79 Å². The number of Topliss-reactive ketones (excluding diaryl/α,β-unsaturated/α-hetero) is 1.